The van der Waals surface area contributed by atoms with E-state index in [9.17, 15) is 47.9 Å². The lowest BCUT2D eigenvalue weighted by Crippen LogP contribution is -2.47. The van der Waals surface area contributed by atoms with Crippen molar-refractivity contribution in [3.05, 3.63) is 0 Å². The van der Waals surface area contributed by atoms with Crippen molar-refractivity contribution in [1.29, 1.82) is 0 Å². The van der Waals surface area contributed by atoms with Crippen molar-refractivity contribution in [2.75, 3.05) is 108 Å². The van der Waals surface area contributed by atoms with E-state index in [0.29, 0.717) is 19.2 Å². The molecule has 0 fully saturated rings. The molecule has 52 heavy (non-hydrogen) atoms. The van der Waals surface area contributed by atoms with Crippen LogP contribution >= 0.6 is 0 Å². The highest BCUT2D eigenvalue weighted by atomic mass is 16.2. The molecule has 0 heterocycles. The first-order valence-electron chi connectivity index (χ1n) is 16.6. The van der Waals surface area contributed by atoms with Crippen LogP contribution in [0, 0.1) is 0 Å². The van der Waals surface area contributed by atoms with Crippen molar-refractivity contribution < 1.29 is 47.9 Å². The van der Waals surface area contributed by atoms with Gasteiger partial charge in [-0.3, -0.25) is 43.2 Å². The van der Waals surface area contributed by atoms with Crippen LogP contribution in [-0.2, 0) is 47.9 Å². The van der Waals surface area contributed by atoms with E-state index in [1.807, 2.05) is 34.6 Å². The monoisotopic (exact) mass is 744 g/mol. The molecule has 0 spiro atoms. The highest BCUT2D eigenvalue weighted by Crippen LogP contribution is 1.93. The second-order valence-corrected chi connectivity index (χ2v) is 11.5. The number of aldehydes is 1. The van der Waals surface area contributed by atoms with Gasteiger partial charge in [0.1, 0.15) is 6.29 Å². The van der Waals surface area contributed by atoms with Gasteiger partial charge in [0, 0.05) is 54.9 Å². The smallest absolute Gasteiger partial charge is 0.242 e. The van der Waals surface area contributed by atoms with Gasteiger partial charge in [0.2, 0.25) is 53.7 Å². The SMILES string of the molecule is CC.CCN(C)C(=O)CNC(=O)CN(C)C(=O)CN(C)C(=O)CNC(C)C.CN(C=O)CC(=O)NCC(=O)N(C)CC(=O)N(C)CC(=O)NCC=O. The number of nitrogens with one attached hydrogen (secondary N) is 4. The first-order chi connectivity index (χ1) is 24.3. The van der Waals surface area contributed by atoms with Crippen LogP contribution < -0.4 is 21.3 Å². The summed E-state index contributed by atoms with van der Waals surface area (Å²) >= 11 is 0. The van der Waals surface area contributed by atoms with Crippen molar-refractivity contribution in [2.45, 2.75) is 40.7 Å². The molecule has 0 atom stereocenters. The summed E-state index contributed by atoms with van der Waals surface area (Å²) in [5.74, 6) is -3.17. The van der Waals surface area contributed by atoms with Crippen LogP contribution in [0.25, 0.3) is 0 Å². The van der Waals surface area contributed by atoms with Gasteiger partial charge in [-0.05, 0) is 6.92 Å². The Bertz CT molecular complexity index is 1180. The molecule has 0 aromatic carbocycles. The van der Waals surface area contributed by atoms with Crippen LogP contribution in [0.1, 0.15) is 34.6 Å². The molecule has 0 radical (unpaired) electrons. The van der Waals surface area contributed by atoms with Crippen molar-refractivity contribution in [1.82, 2.24) is 50.7 Å². The summed E-state index contributed by atoms with van der Waals surface area (Å²) in [4.78, 5) is 122. The maximum absolute atomic E-state index is 12.1. The first-order valence-corrected chi connectivity index (χ1v) is 16.6. The van der Waals surface area contributed by atoms with Gasteiger partial charge in [0.05, 0.1) is 58.9 Å². The minimum absolute atomic E-state index is 0.107. The van der Waals surface area contributed by atoms with E-state index in [2.05, 4.69) is 21.3 Å². The van der Waals surface area contributed by atoms with Crippen LogP contribution in [0.3, 0.4) is 0 Å². The number of carbonyl (C=O) groups excluding carboxylic acids is 10. The molecule has 4 N–H and O–H groups in total. The third kappa shape index (κ3) is 25.8. The lowest BCUT2D eigenvalue weighted by molar-refractivity contribution is -0.140. The number of likely N-dealkylation sites (N-methyl/N-ethyl adjacent to an activating group) is 6. The lowest BCUT2D eigenvalue weighted by Gasteiger charge is -2.22. The van der Waals surface area contributed by atoms with E-state index >= 15 is 0 Å². The number of hydrogen-bond acceptors (Lipinski definition) is 11. The van der Waals surface area contributed by atoms with Gasteiger partial charge in [0.15, 0.2) is 0 Å². The number of hydrogen-bond donors (Lipinski definition) is 4. The number of carbonyl (C=O) groups is 10. The predicted octanol–water partition coefficient (Wildman–Crippen LogP) is -4.06. The average Bonchev–Trinajstić information content (AvgIpc) is 3.10. The van der Waals surface area contributed by atoms with Crippen molar-refractivity contribution >= 4 is 60.0 Å². The Morgan fingerprint density at radius 2 is 0.885 bits per heavy atom. The van der Waals surface area contributed by atoms with E-state index in [0.717, 1.165) is 14.7 Å². The zero-order valence-corrected chi connectivity index (χ0v) is 32.6. The molecule has 9 amide bonds. The summed E-state index contributed by atoms with van der Waals surface area (Å²) < 4.78 is 0. The second kappa shape index (κ2) is 29.6. The highest BCUT2D eigenvalue weighted by Gasteiger charge is 2.20. The van der Waals surface area contributed by atoms with Crippen LogP contribution in [0.15, 0.2) is 0 Å². The molecular formula is C32H60N10O10. The predicted molar refractivity (Wildman–Crippen MR) is 192 cm³/mol. The molecule has 0 aliphatic carbocycles. The summed E-state index contributed by atoms with van der Waals surface area (Å²) in [5.41, 5.74) is 0. The minimum Gasteiger partial charge on any atom is -0.348 e. The molecule has 0 bridgehead atoms. The molecule has 298 valence electrons. The van der Waals surface area contributed by atoms with Crippen LogP contribution in [0.5, 0.6) is 0 Å². The van der Waals surface area contributed by atoms with Crippen molar-refractivity contribution in [3.63, 3.8) is 0 Å². The van der Waals surface area contributed by atoms with Crippen LogP contribution in [0.4, 0.5) is 0 Å². The summed E-state index contributed by atoms with van der Waals surface area (Å²) in [7, 11) is 8.84. The third-order valence-corrected chi connectivity index (χ3v) is 6.60. The second-order valence-electron chi connectivity index (χ2n) is 11.5. The highest BCUT2D eigenvalue weighted by molar-refractivity contribution is 5.91. The number of rotatable bonds is 21. The summed E-state index contributed by atoms with van der Waals surface area (Å²) in [6.07, 6.45) is 1.00. The van der Waals surface area contributed by atoms with E-state index in [-0.39, 0.29) is 82.7 Å². The van der Waals surface area contributed by atoms with Crippen molar-refractivity contribution in [2.24, 2.45) is 0 Å². The minimum atomic E-state index is -0.508. The van der Waals surface area contributed by atoms with Gasteiger partial charge in [-0.1, -0.05) is 27.7 Å². The standard InChI is InChI=1S/C16H31N5O4.C14H23N5O6.C2H6/c1-7-19(4)14(23)9-18-13(22)10-20(5)16(25)11-21(6)15(24)8-17-12(2)3;1-17(10-21)7-11(22)16-6-13(24)19(3)9-14(25)18(2)8-12(23)15-4-5-20;1-2/h12,17H,7-11H2,1-6H3,(H,18,22);5,10H,4,6-9H2,1-3H3,(H,15,23)(H,16,22);1-2H3. The Hall–Kier alpha value is -5.14. The van der Waals surface area contributed by atoms with Gasteiger partial charge in [-0.15, -0.1) is 0 Å². The maximum Gasteiger partial charge on any atom is 0.242 e. The molecule has 0 aromatic heterocycles. The van der Waals surface area contributed by atoms with E-state index in [1.54, 1.807) is 7.05 Å². The molecule has 0 aliphatic rings. The Labute approximate surface area is 306 Å². The molecule has 20 nitrogen and oxygen atoms in total. The van der Waals surface area contributed by atoms with E-state index in [4.69, 9.17) is 0 Å². The normalized spacial score (nSPS) is 9.69. The third-order valence-electron chi connectivity index (χ3n) is 6.60. The molecule has 0 aromatic rings. The molecular weight excluding hydrogens is 684 g/mol. The number of amides is 9. The lowest BCUT2D eigenvalue weighted by atomic mass is 10.3. The fraction of sp³-hybridized carbons (Fsp3) is 0.688. The van der Waals surface area contributed by atoms with Crippen LogP contribution in [0.2, 0.25) is 0 Å². The average molecular weight is 745 g/mol. The zero-order chi connectivity index (χ0) is 41.0. The Balaban J connectivity index is -0.000000881. The quantitative estimate of drug-likeness (QED) is 0.0825. The largest absolute Gasteiger partial charge is 0.348 e. The summed E-state index contributed by atoms with van der Waals surface area (Å²) in [6, 6.07) is 0.175. The topological polar surface area (TPSA) is 238 Å². The van der Waals surface area contributed by atoms with Gasteiger partial charge in [-0.2, -0.15) is 0 Å². The molecule has 0 unspecified atom stereocenters. The maximum atomic E-state index is 12.1. The van der Waals surface area contributed by atoms with Gasteiger partial charge in [-0.25, -0.2) is 0 Å². The van der Waals surface area contributed by atoms with Gasteiger partial charge < -0.3 is 55.5 Å². The Kier molecular flexibility index (Phi) is 29.1. The molecule has 0 saturated heterocycles. The van der Waals surface area contributed by atoms with Crippen LogP contribution in [-0.4, -0.2) is 203 Å². The molecule has 0 rings (SSSR count). The van der Waals surface area contributed by atoms with Gasteiger partial charge in [0.25, 0.3) is 0 Å². The molecule has 0 aliphatic heterocycles. The molecule has 20 heteroatoms. The Morgan fingerprint density at radius 3 is 1.27 bits per heavy atom. The fourth-order valence-corrected chi connectivity index (χ4v) is 3.24. The first kappa shape index (κ1) is 51.2. The van der Waals surface area contributed by atoms with E-state index in [1.165, 1.54) is 49.9 Å². The fourth-order valence-electron chi connectivity index (χ4n) is 3.24. The van der Waals surface area contributed by atoms with Gasteiger partial charge >= 0.3 is 0 Å². The Morgan fingerprint density at radius 1 is 0.519 bits per heavy atom. The zero-order valence-electron chi connectivity index (χ0n) is 32.6. The van der Waals surface area contributed by atoms with E-state index < -0.39 is 29.5 Å². The number of nitrogens with zero attached hydrogens (tertiary/aromatic N) is 6. The molecule has 0 saturated carbocycles. The summed E-state index contributed by atoms with van der Waals surface area (Å²) in [5, 5.41) is 10.1. The summed E-state index contributed by atoms with van der Waals surface area (Å²) in [6.45, 7) is 8.83. The van der Waals surface area contributed by atoms with Crippen molar-refractivity contribution in [3.8, 4) is 0 Å².